The summed E-state index contributed by atoms with van der Waals surface area (Å²) in [6.07, 6.45) is -0.175. The number of aryl methyl sites for hydroxylation is 1. The molecule has 4 aromatic carbocycles. The Labute approximate surface area is 231 Å². The first-order valence-electron chi connectivity index (χ1n) is 12.4. The predicted octanol–water partition coefficient (Wildman–Crippen LogP) is 6.60. The van der Waals surface area contributed by atoms with Crippen molar-refractivity contribution in [2.75, 3.05) is 4.31 Å². The van der Waals surface area contributed by atoms with Crippen molar-refractivity contribution < 1.29 is 18.1 Å². The van der Waals surface area contributed by atoms with Crippen LogP contribution in [-0.2, 0) is 10.0 Å². The van der Waals surface area contributed by atoms with E-state index in [0.29, 0.717) is 16.7 Å². The van der Waals surface area contributed by atoms with Crippen molar-refractivity contribution in [2.45, 2.75) is 36.2 Å². The van der Waals surface area contributed by atoms with Gasteiger partial charge in [0.1, 0.15) is 6.04 Å². The molecule has 0 N–H and O–H groups in total. The van der Waals surface area contributed by atoms with Crippen molar-refractivity contribution >= 4 is 33.1 Å². The second-order valence-corrected chi connectivity index (χ2v) is 11.7. The van der Waals surface area contributed by atoms with Crippen LogP contribution in [0.5, 0.6) is 0 Å². The number of ketones is 1. The standard InChI is InChI=1S/C30H25ClN2O5S/c1-20-15-17-22(18-16-20)39(37,38)32-27-14-8-6-11-23(27)25(19-28(34)21-9-3-2-4-10-21)30(33(35)36)29(32)24-12-5-7-13-26(24)31/h2-18,25,29-30H,19H2,1H3/t25-,29-,30+/m0/s1. The number of anilines is 1. The van der Waals surface area contributed by atoms with E-state index in [1.165, 1.54) is 12.1 Å². The minimum absolute atomic E-state index is 0.000802. The van der Waals surface area contributed by atoms with Gasteiger partial charge >= 0.3 is 0 Å². The third-order valence-corrected chi connectivity index (χ3v) is 9.26. The molecule has 0 aromatic heterocycles. The van der Waals surface area contributed by atoms with Crippen LogP contribution in [0.3, 0.4) is 0 Å². The van der Waals surface area contributed by atoms with Crippen LogP contribution in [-0.4, -0.2) is 25.2 Å². The molecule has 0 saturated heterocycles. The maximum Gasteiger partial charge on any atom is 0.265 e. The zero-order valence-corrected chi connectivity index (χ0v) is 22.5. The second kappa shape index (κ2) is 10.6. The summed E-state index contributed by atoms with van der Waals surface area (Å²) in [6.45, 7) is 1.84. The monoisotopic (exact) mass is 560 g/mol. The van der Waals surface area contributed by atoms with E-state index in [4.69, 9.17) is 11.6 Å². The summed E-state index contributed by atoms with van der Waals surface area (Å²) in [4.78, 5) is 25.7. The number of para-hydroxylation sites is 1. The lowest BCUT2D eigenvalue weighted by atomic mass is 9.77. The largest absolute Gasteiger partial charge is 0.294 e. The predicted molar refractivity (Wildman–Crippen MR) is 150 cm³/mol. The van der Waals surface area contributed by atoms with Gasteiger partial charge in [0.15, 0.2) is 5.78 Å². The highest BCUT2D eigenvalue weighted by Gasteiger charge is 2.54. The van der Waals surface area contributed by atoms with Crippen molar-refractivity contribution in [3.8, 4) is 0 Å². The Morgan fingerprint density at radius 1 is 0.872 bits per heavy atom. The molecule has 39 heavy (non-hydrogen) atoms. The molecule has 0 bridgehead atoms. The third-order valence-electron chi connectivity index (χ3n) is 7.11. The van der Waals surface area contributed by atoms with Crippen LogP contribution in [0.4, 0.5) is 5.69 Å². The maximum absolute atomic E-state index is 14.3. The van der Waals surface area contributed by atoms with E-state index in [9.17, 15) is 23.3 Å². The lowest BCUT2D eigenvalue weighted by molar-refractivity contribution is -0.531. The summed E-state index contributed by atoms with van der Waals surface area (Å²) in [5.74, 6) is -1.18. The molecular weight excluding hydrogens is 536 g/mol. The van der Waals surface area contributed by atoms with Crippen LogP contribution < -0.4 is 4.31 Å². The molecule has 0 fully saturated rings. The molecule has 5 rings (SSSR count). The fourth-order valence-electron chi connectivity index (χ4n) is 5.26. The first-order valence-corrected chi connectivity index (χ1v) is 14.2. The van der Waals surface area contributed by atoms with Gasteiger partial charge in [-0.2, -0.15) is 0 Å². The molecule has 0 amide bonds. The molecule has 1 aliphatic rings. The number of nitrogens with zero attached hydrogens (tertiary/aromatic N) is 2. The van der Waals surface area contributed by atoms with Gasteiger partial charge in [0.05, 0.1) is 16.5 Å². The average Bonchev–Trinajstić information content (AvgIpc) is 2.93. The number of benzene rings is 4. The van der Waals surface area contributed by atoms with Crippen LogP contribution in [0.2, 0.25) is 5.02 Å². The van der Waals surface area contributed by atoms with Crippen LogP contribution in [0.25, 0.3) is 0 Å². The summed E-state index contributed by atoms with van der Waals surface area (Å²) in [6, 6.07) is 25.3. The normalized spacial score (nSPS) is 18.8. The van der Waals surface area contributed by atoms with Gasteiger partial charge in [0.2, 0.25) is 6.04 Å². The molecule has 1 aliphatic heterocycles. The van der Waals surface area contributed by atoms with E-state index < -0.39 is 32.9 Å². The molecule has 7 nitrogen and oxygen atoms in total. The van der Waals surface area contributed by atoms with Gasteiger partial charge in [-0.25, -0.2) is 8.42 Å². The zero-order chi connectivity index (χ0) is 27.7. The van der Waals surface area contributed by atoms with Crippen LogP contribution >= 0.6 is 11.6 Å². The van der Waals surface area contributed by atoms with Crippen LogP contribution in [0.1, 0.15) is 45.4 Å². The molecule has 0 unspecified atom stereocenters. The molecule has 0 radical (unpaired) electrons. The molecule has 9 heteroatoms. The Morgan fingerprint density at radius 3 is 2.10 bits per heavy atom. The van der Waals surface area contributed by atoms with Crippen molar-refractivity contribution in [3.05, 3.63) is 141 Å². The van der Waals surface area contributed by atoms with E-state index in [-0.39, 0.29) is 27.8 Å². The number of nitro groups is 1. The number of carbonyl (C=O) groups excluding carboxylic acids is 1. The summed E-state index contributed by atoms with van der Waals surface area (Å²) in [7, 11) is -4.29. The highest BCUT2D eigenvalue weighted by molar-refractivity contribution is 7.92. The van der Waals surface area contributed by atoms with Gasteiger partial charge in [0, 0.05) is 27.5 Å². The van der Waals surface area contributed by atoms with Crippen LogP contribution in [0, 0.1) is 17.0 Å². The SMILES string of the molecule is Cc1ccc(S(=O)(=O)N2c3ccccc3[C@H](CC(=O)c3ccccc3)[C@@H]([N+](=O)[O-])[C@@H]2c2ccccc2Cl)cc1. The number of hydrogen-bond donors (Lipinski definition) is 0. The molecule has 0 aliphatic carbocycles. The summed E-state index contributed by atoms with van der Waals surface area (Å²) >= 11 is 6.58. The van der Waals surface area contributed by atoms with Gasteiger partial charge in [-0.3, -0.25) is 19.2 Å². The summed E-state index contributed by atoms with van der Waals surface area (Å²) in [5, 5.41) is 13.1. The van der Waals surface area contributed by atoms with Crippen LogP contribution in [0.15, 0.2) is 108 Å². The van der Waals surface area contributed by atoms with Crippen molar-refractivity contribution in [1.29, 1.82) is 0 Å². The number of fused-ring (bicyclic) bond motifs is 1. The number of carbonyl (C=O) groups is 1. The molecule has 3 atom stereocenters. The second-order valence-electron chi connectivity index (χ2n) is 9.51. The number of rotatable bonds is 7. The molecule has 4 aromatic rings. The highest BCUT2D eigenvalue weighted by Crippen LogP contribution is 2.51. The fraction of sp³-hybridized carbons (Fsp3) is 0.167. The Hall–Kier alpha value is -4.01. The van der Waals surface area contributed by atoms with Gasteiger partial charge < -0.3 is 0 Å². The Bertz CT molecular complexity index is 1640. The van der Waals surface area contributed by atoms with E-state index in [0.717, 1.165) is 9.87 Å². The quantitative estimate of drug-likeness (QED) is 0.144. The van der Waals surface area contributed by atoms with E-state index >= 15 is 0 Å². The first kappa shape index (κ1) is 26.6. The van der Waals surface area contributed by atoms with E-state index in [1.54, 1.807) is 91.0 Å². The highest BCUT2D eigenvalue weighted by atomic mass is 35.5. The Kier molecular flexibility index (Phi) is 7.25. The molecule has 0 saturated carbocycles. The van der Waals surface area contributed by atoms with Gasteiger partial charge in [-0.1, -0.05) is 96.0 Å². The molecule has 198 valence electrons. The molecule has 0 spiro atoms. The average molecular weight is 561 g/mol. The van der Waals surface area contributed by atoms with Crippen molar-refractivity contribution in [3.63, 3.8) is 0 Å². The van der Waals surface area contributed by atoms with Gasteiger partial charge in [-0.15, -0.1) is 0 Å². The smallest absolute Gasteiger partial charge is 0.265 e. The molecular formula is C30H25ClN2O5S. The zero-order valence-electron chi connectivity index (χ0n) is 21.0. The lowest BCUT2D eigenvalue weighted by Gasteiger charge is -2.42. The van der Waals surface area contributed by atoms with E-state index in [1.807, 2.05) is 6.92 Å². The minimum Gasteiger partial charge on any atom is -0.294 e. The maximum atomic E-state index is 14.3. The number of hydrogen-bond acceptors (Lipinski definition) is 5. The Morgan fingerprint density at radius 2 is 1.46 bits per heavy atom. The summed E-state index contributed by atoms with van der Waals surface area (Å²) in [5.41, 5.74) is 2.30. The number of Topliss-reactive ketones (excluding diaryl/α,β-unsaturated/α-hetero) is 1. The van der Waals surface area contributed by atoms with E-state index in [2.05, 4.69) is 0 Å². The topological polar surface area (TPSA) is 97.6 Å². The van der Waals surface area contributed by atoms with Crippen molar-refractivity contribution in [2.24, 2.45) is 0 Å². The fourth-order valence-corrected chi connectivity index (χ4v) is 7.17. The van der Waals surface area contributed by atoms with Gasteiger partial charge in [-0.05, 0) is 36.8 Å². The lowest BCUT2D eigenvalue weighted by Crippen LogP contribution is -2.50. The van der Waals surface area contributed by atoms with Crippen molar-refractivity contribution in [1.82, 2.24) is 0 Å². The third kappa shape index (κ3) is 4.93. The number of halogens is 1. The Balaban J connectivity index is 1.76. The molecule has 1 heterocycles. The minimum atomic E-state index is -4.29. The summed E-state index contributed by atoms with van der Waals surface area (Å²) < 4.78 is 29.7. The first-order chi connectivity index (χ1) is 18.7. The van der Waals surface area contributed by atoms with Gasteiger partial charge in [0.25, 0.3) is 10.0 Å². The number of sulfonamides is 1.